The summed E-state index contributed by atoms with van der Waals surface area (Å²) in [4.78, 5) is 0. The van der Waals surface area contributed by atoms with E-state index in [4.69, 9.17) is 5.73 Å². The van der Waals surface area contributed by atoms with Gasteiger partial charge in [-0.1, -0.05) is 27.7 Å². The second kappa shape index (κ2) is 6.52. The van der Waals surface area contributed by atoms with E-state index in [-0.39, 0.29) is 5.41 Å². The maximum absolute atomic E-state index is 12.7. The van der Waals surface area contributed by atoms with Gasteiger partial charge in [0.1, 0.15) is 0 Å². The monoisotopic (exact) mass is 291 g/mol. The lowest BCUT2D eigenvalue weighted by atomic mass is 9.94. The first-order valence-electron chi connectivity index (χ1n) is 7.18. The number of piperidine rings is 1. The van der Waals surface area contributed by atoms with Gasteiger partial charge in [0.25, 0.3) is 10.2 Å². The molecule has 1 atom stereocenters. The first-order chi connectivity index (χ1) is 8.73. The van der Waals surface area contributed by atoms with E-state index in [0.29, 0.717) is 38.6 Å². The Bertz CT molecular complexity index is 381. The van der Waals surface area contributed by atoms with Crippen LogP contribution < -0.4 is 5.73 Å². The standard InChI is InChI=1S/C13H29N3O2S/c1-5-15(11-13(3,4)10-14)19(17,18)16-8-6-7-12(2)9-16/h12H,5-11,14H2,1-4H3. The molecule has 1 heterocycles. The molecule has 0 aromatic carbocycles. The molecule has 6 heteroatoms. The zero-order chi connectivity index (χ0) is 14.7. The zero-order valence-corrected chi connectivity index (χ0v) is 13.5. The van der Waals surface area contributed by atoms with Gasteiger partial charge < -0.3 is 5.73 Å². The zero-order valence-electron chi connectivity index (χ0n) is 12.7. The molecule has 0 saturated carbocycles. The van der Waals surface area contributed by atoms with Gasteiger partial charge in [0, 0.05) is 26.2 Å². The van der Waals surface area contributed by atoms with Gasteiger partial charge in [-0.05, 0) is 30.7 Å². The van der Waals surface area contributed by atoms with Crippen molar-refractivity contribution in [2.45, 2.75) is 40.5 Å². The van der Waals surface area contributed by atoms with E-state index in [9.17, 15) is 8.42 Å². The van der Waals surface area contributed by atoms with Crippen molar-refractivity contribution in [2.24, 2.45) is 17.1 Å². The molecule has 1 fully saturated rings. The fourth-order valence-corrected chi connectivity index (χ4v) is 4.39. The van der Waals surface area contributed by atoms with Crippen LogP contribution in [-0.4, -0.2) is 49.8 Å². The Morgan fingerprint density at radius 1 is 1.42 bits per heavy atom. The smallest absolute Gasteiger partial charge is 0.281 e. The number of hydrogen-bond acceptors (Lipinski definition) is 3. The summed E-state index contributed by atoms with van der Waals surface area (Å²) in [6, 6.07) is 0. The fraction of sp³-hybridized carbons (Fsp3) is 1.00. The molecule has 1 aliphatic heterocycles. The molecule has 1 saturated heterocycles. The molecule has 0 radical (unpaired) electrons. The Morgan fingerprint density at radius 3 is 2.53 bits per heavy atom. The molecule has 0 amide bonds. The minimum Gasteiger partial charge on any atom is -0.330 e. The number of nitrogens with zero attached hydrogens (tertiary/aromatic N) is 2. The van der Waals surface area contributed by atoms with Crippen LogP contribution in [0.2, 0.25) is 0 Å². The number of rotatable bonds is 6. The highest BCUT2D eigenvalue weighted by atomic mass is 32.2. The molecule has 0 aromatic rings. The summed E-state index contributed by atoms with van der Waals surface area (Å²) in [5.74, 6) is 0.449. The Morgan fingerprint density at radius 2 is 2.05 bits per heavy atom. The lowest BCUT2D eigenvalue weighted by molar-refractivity contribution is 0.229. The average Bonchev–Trinajstić information content (AvgIpc) is 2.36. The quantitative estimate of drug-likeness (QED) is 0.801. The van der Waals surface area contributed by atoms with Crippen molar-refractivity contribution in [2.75, 3.05) is 32.7 Å². The largest absolute Gasteiger partial charge is 0.330 e. The van der Waals surface area contributed by atoms with Crippen LogP contribution in [0.3, 0.4) is 0 Å². The normalized spacial score (nSPS) is 22.9. The summed E-state index contributed by atoms with van der Waals surface area (Å²) in [5.41, 5.74) is 5.53. The van der Waals surface area contributed by atoms with Crippen LogP contribution in [0.25, 0.3) is 0 Å². The Kier molecular flexibility index (Phi) is 5.79. The molecule has 1 aliphatic rings. The van der Waals surface area contributed by atoms with Gasteiger partial charge in [0.05, 0.1) is 0 Å². The van der Waals surface area contributed by atoms with E-state index in [0.717, 1.165) is 12.8 Å². The Hall–Kier alpha value is -0.170. The average molecular weight is 291 g/mol. The predicted molar refractivity (Wildman–Crippen MR) is 79.0 cm³/mol. The molecule has 5 nitrogen and oxygen atoms in total. The van der Waals surface area contributed by atoms with Crippen molar-refractivity contribution in [3.8, 4) is 0 Å². The Balaban J connectivity index is 2.83. The van der Waals surface area contributed by atoms with Crippen molar-refractivity contribution in [1.82, 2.24) is 8.61 Å². The third-order valence-corrected chi connectivity index (χ3v) is 5.81. The van der Waals surface area contributed by atoms with Gasteiger partial charge in [-0.15, -0.1) is 0 Å². The van der Waals surface area contributed by atoms with Gasteiger partial charge in [0.2, 0.25) is 0 Å². The highest BCUT2D eigenvalue weighted by Gasteiger charge is 2.34. The fourth-order valence-electron chi connectivity index (χ4n) is 2.42. The molecule has 0 aliphatic carbocycles. The van der Waals surface area contributed by atoms with E-state index in [1.54, 1.807) is 8.61 Å². The minimum atomic E-state index is -3.34. The third-order valence-electron chi connectivity index (χ3n) is 3.78. The molecule has 2 N–H and O–H groups in total. The van der Waals surface area contributed by atoms with Gasteiger partial charge in [0.15, 0.2) is 0 Å². The summed E-state index contributed by atoms with van der Waals surface area (Å²) in [6.07, 6.45) is 2.07. The molecular formula is C13H29N3O2S. The van der Waals surface area contributed by atoms with Crippen molar-refractivity contribution in [3.63, 3.8) is 0 Å². The van der Waals surface area contributed by atoms with Crippen LogP contribution in [-0.2, 0) is 10.2 Å². The lowest BCUT2D eigenvalue weighted by Crippen LogP contribution is -2.50. The Labute approximate surface area is 118 Å². The SMILES string of the molecule is CCN(CC(C)(C)CN)S(=O)(=O)N1CCCC(C)C1. The summed E-state index contributed by atoms with van der Waals surface area (Å²) >= 11 is 0. The molecule has 0 bridgehead atoms. The van der Waals surface area contributed by atoms with E-state index < -0.39 is 10.2 Å². The van der Waals surface area contributed by atoms with Crippen molar-refractivity contribution >= 4 is 10.2 Å². The summed E-state index contributed by atoms with van der Waals surface area (Å²) in [7, 11) is -3.34. The highest BCUT2D eigenvalue weighted by Crippen LogP contribution is 2.23. The minimum absolute atomic E-state index is 0.190. The van der Waals surface area contributed by atoms with Crippen molar-refractivity contribution < 1.29 is 8.42 Å². The van der Waals surface area contributed by atoms with Crippen LogP contribution >= 0.6 is 0 Å². The molecule has 19 heavy (non-hydrogen) atoms. The van der Waals surface area contributed by atoms with Crippen LogP contribution in [0, 0.1) is 11.3 Å². The van der Waals surface area contributed by atoms with E-state index >= 15 is 0 Å². The summed E-state index contributed by atoms with van der Waals surface area (Å²) in [5, 5.41) is 0. The molecule has 1 rings (SSSR count). The third kappa shape index (κ3) is 4.41. The topological polar surface area (TPSA) is 66.6 Å². The van der Waals surface area contributed by atoms with Crippen LogP contribution in [0.1, 0.15) is 40.5 Å². The van der Waals surface area contributed by atoms with Crippen LogP contribution in [0.5, 0.6) is 0 Å². The molecule has 0 aromatic heterocycles. The first-order valence-corrected chi connectivity index (χ1v) is 8.58. The van der Waals surface area contributed by atoms with E-state index in [1.165, 1.54) is 0 Å². The lowest BCUT2D eigenvalue weighted by Gasteiger charge is -2.37. The van der Waals surface area contributed by atoms with Gasteiger partial charge >= 0.3 is 0 Å². The second-order valence-electron chi connectivity index (χ2n) is 6.41. The van der Waals surface area contributed by atoms with Crippen LogP contribution in [0.15, 0.2) is 0 Å². The molecule has 0 spiro atoms. The predicted octanol–water partition coefficient (Wildman–Crippen LogP) is 1.27. The summed E-state index contributed by atoms with van der Waals surface area (Å²) in [6.45, 7) is 10.8. The van der Waals surface area contributed by atoms with E-state index in [2.05, 4.69) is 6.92 Å². The first kappa shape index (κ1) is 16.9. The number of nitrogens with two attached hydrogens (primary N) is 1. The molecule has 1 unspecified atom stereocenters. The van der Waals surface area contributed by atoms with Crippen molar-refractivity contribution in [1.29, 1.82) is 0 Å². The maximum Gasteiger partial charge on any atom is 0.281 e. The van der Waals surface area contributed by atoms with Gasteiger partial charge in [-0.2, -0.15) is 17.0 Å². The van der Waals surface area contributed by atoms with Gasteiger partial charge in [-0.25, -0.2) is 0 Å². The van der Waals surface area contributed by atoms with Gasteiger partial charge in [-0.3, -0.25) is 0 Å². The molecule has 114 valence electrons. The second-order valence-corrected chi connectivity index (χ2v) is 8.34. The molecular weight excluding hydrogens is 262 g/mol. The maximum atomic E-state index is 12.7. The number of hydrogen-bond donors (Lipinski definition) is 1. The van der Waals surface area contributed by atoms with E-state index in [1.807, 2.05) is 20.8 Å². The van der Waals surface area contributed by atoms with Crippen LogP contribution in [0.4, 0.5) is 0 Å². The summed E-state index contributed by atoms with van der Waals surface area (Å²) < 4.78 is 28.5. The van der Waals surface area contributed by atoms with Crippen molar-refractivity contribution in [3.05, 3.63) is 0 Å². The highest BCUT2D eigenvalue weighted by molar-refractivity contribution is 7.86.